The fourth-order valence-electron chi connectivity index (χ4n) is 5.28. The van der Waals surface area contributed by atoms with Crippen molar-refractivity contribution >= 4 is 23.6 Å². The van der Waals surface area contributed by atoms with Crippen molar-refractivity contribution in [1.82, 2.24) is 20.4 Å². The summed E-state index contributed by atoms with van der Waals surface area (Å²) in [4.78, 5) is 53.1. The van der Waals surface area contributed by atoms with Gasteiger partial charge in [-0.15, -0.1) is 0 Å². The van der Waals surface area contributed by atoms with Crippen LogP contribution in [0.5, 0.6) is 0 Å². The Bertz CT molecular complexity index is 958. The summed E-state index contributed by atoms with van der Waals surface area (Å²) in [7, 11) is 0. The third-order valence-corrected chi connectivity index (χ3v) is 6.98. The maximum absolute atomic E-state index is 13.1. The molecule has 0 spiro atoms. The Hall–Kier alpha value is -2.62. The van der Waals surface area contributed by atoms with Crippen LogP contribution in [0.4, 0.5) is 0 Å². The number of piperidine rings is 2. The second kappa shape index (κ2) is 8.73. The lowest BCUT2D eigenvalue weighted by Crippen LogP contribution is -2.56. The zero-order valence-corrected chi connectivity index (χ0v) is 18.0. The van der Waals surface area contributed by atoms with Crippen LogP contribution < -0.4 is 10.6 Å². The molecule has 3 fully saturated rings. The normalized spacial score (nSPS) is 29.2. The highest BCUT2D eigenvalue weighted by molar-refractivity contribution is 6.23. The molecule has 3 unspecified atom stereocenters. The third kappa shape index (κ3) is 3.85. The van der Waals surface area contributed by atoms with Crippen molar-refractivity contribution in [3.8, 4) is 0 Å². The number of nitrogens with zero attached hydrogens (tertiary/aromatic N) is 2. The third-order valence-electron chi connectivity index (χ3n) is 6.98. The van der Waals surface area contributed by atoms with Gasteiger partial charge < -0.3 is 10.1 Å². The van der Waals surface area contributed by atoms with Gasteiger partial charge in [-0.1, -0.05) is 12.5 Å². The average Bonchev–Trinajstić information content (AvgIpc) is 3.05. The largest absolute Gasteiger partial charge is 0.378 e. The number of hydrogen-bond donors (Lipinski definition) is 2. The SMILES string of the molecule is O=C1CCC(N2C(=O)c3ccc(CN4CCOCC4C4CCCCN4)cc3C2=O)C(=O)N1. The Labute approximate surface area is 186 Å². The number of benzene rings is 1. The molecule has 1 aromatic carbocycles. The van der Waals surface area contributed by atoms with Crippen LogP contribution in [0.25, 0.3) is 0 Å². The van der Waals surface area contributed by atoms with Crippen LogP contribution >= 0.6 is 0 Å². The Morgan fingerprint density at radius 1 is 1.03 bits per heavy atom. The van der Waals surface area contributed by atoms with Crippen molar-refractivity contribution in [2.75, 3.05) is 26.3 Å². The van der Waals surface area contributed by atoms with Gasteiger partial charge in [0.05, 0.1) is 24.3 Å². The second-order valence-corrected chi connectivity index (χ2v) is 9.00. The minimum atomic E-state index is -0.940. The first-order chi connectivity index (χ1) is 15.5. The molecule has 3 atom stereocenters. The lowest BCUT2D eigenvalue weighted by Gasteiger charge is -2.42. The maximum atomic E-state index is 13.1. The molecule has 0 bridgehead atoms. The van der Waals surface area contributed by atoms with Crippen LogP contribution in [0.2, 0.25) is 0 Å². The summed E-state index contributed by atoms with van der Waals surface area (Å²) >= 11 is 0. The number of rotatable bonds is 4. The Morgan fingerprint density at radius 2 is 1.88 bits per heavy atom. The van der Waals surface area contributed by atoms with E-state index in [1.807, 2.05) is 6.07 Å². The topological polar surface area (TPSA) is 108 Å². The van der Waals surface area contributed by atoms with Crippen molar-refractivity contribution in [2.24, 2.45) is 0 Å². The van der Waals surface area contributed by atoms with Gasteiger partial charge in [0.1, 0.15) is 6.04 Å². The first-order valence-corrected chi connectivity index (χ1v) is 11.4. The van der Waals surface area contributed by atoms with Gasteiger partial charge in [0, 0.05) is 31.6 Å². The van der Waals surface area contributed by atoms with Crippen LogP contribution in [0.3, 0.4) is 0 Å². The van der Waals surface area contributed by atoms with E-state index in [0.717, 1.165) is 30.0 Å². The molecule has 0 aromatic heterocycles. The van der Waals surface area contributed by atoms with Gasteiger partial charge in [-0.05, 0) is 43.5 Å². The number of imide groups is 2. The summed E-state index contributed by atoms with van der Waals surface area (Å²) in [6, 6.07) is 5.08. The van der Waals surface area contributed by atoms with Crippen LogP contribution in [0.1, 0.15) is 58.4 Å². The van der Waals surface area contributed by atoms with E-state index >= 15 is 0 Å². The fraction of sp³-hybridized carbons (Fsp3) is 0.565. The van der Waals surface area contributed by atoms with Gasteiger partial charge >= 0.3 is 0 Å². The lowest BCUT2D eigenvalue weighted by molar-refractivity contribution is -0.136. The fourth-order valence-corrected chi connectivity index (χ4v) is 5.28. The first kappa shape index (κ1) is 21.2. The minimum Gasteiger partial charge on any atom is -0.378 e. The molecule has 170 valence electrons. The highest BCUT2D eigenvalue weighted by atomic mass is 16.5. The summed E-state index contributed by atoms with van der Waals surface area (Å²) in [6.07, 6.45) is 3.82. The number of nitrogens with one attached hydrogen (secondary N) is 2. The molecule has 4 heterocycles. The van der Waals surface area contributed by atoms with E-state index in [2.05, 4.69) is 15.5 Å². The summed E-state index contributed by atoms with van der Waals surface area (Å²) in [5.74, 6) is -1.90. The smallest absolute Gasteiger partial charge is 0.262 e. The van der Waals surface area contributed by atoms with E-state index in [9.17, 15) is 19.2 Å². The average molecular weight is 441 g/mol. The van der Waals surface area contributed by atoms with E-state index in [0.29, 0.717) is 36.9 Å². The molecule has 32 heavy (non-hydrogen) atoms. The van der Waals surface area contributed by atoms with Crippen LogP contribution in [-0.2, 0) is 20.9 Å². The predicted octanol–water partition coefficient (Wildman–Crippen LogP) is 0.431. The highest BCUT2D eigenvalue weighted by Crippen LogP contribution is 2.29. The van der Waals surface area contributed by atoms with Crippen LogP contribution in [-0.4, -0.2) is 77.9 Å². The molecule has 3 saturated heterocycles. The Balaban J connectivity index is 1.34. The van der Waals surface area contributed by atoms with Crippen molar-refractivity contribution in [3.63, 3.8) is 0 Å². The van der Waals surface area contributed by atoms with Gasteiger partial charge in [-0.2, -0.15) is 0 Å². The molecule has 0 aliphatic carbocycles. The van der Waals surface area contributed by atoms with Crippen molar-refractivity contribution in [3.05, 3.63) is 34.9 Å². The van der Waals surface area contributed by atoms with E-state index in [4.69, 9.17) is 4.74 Å². The maximum Gasteiger partial charge on any atom is 0.262 e. The number of amides is 4. The van der Waals surface area contributed by atoms with Gasteiger partial charge in [0.15, 0.2) is 0 Å². The number of ether oxygens (including phenoxy) is 1. The summed E-state index contributed by atoms with van der Waals surface area (Å²) < 4.78 is 5.76. The molecule has 9 nitrogen and oxygen atoms in total. The van der Waals surface area contributed by atoms with Crippen molar-refractivity contribution in [2.45, 2.75) is 56.8 Å². The van der Waals surface area contributed by atoms with Gasteiger partial charge in [-0.3, -0.25) is 34.3 Å². The van der Waals surface area contributed by atoms with Crippen molar-refractivity contribution in [1.29, 1.82) is 0 Å². The molecular weight excluding hydrogens is 412 g/mol. The summed E-state index contributed by atoms with van der Waals surface area (Å²) in [6.45, 7) is 3.87. The van der Waals surface area contributed by atoms with E-state index in [-0.39, 0.29) is 24.8 Å². The summed E-state index contributed by atoms with van der Waals surface area (Å²) in [5, 5.41) is 5.85. The minimum absolute atomic E-state index is 0.114. The molecule has 0 saturated carbocycles. The molecule has 2 N–H and O–H groups in total. The Kier molecular flexibility index (Phi) is 5.79. The molecule has 0 radical (unpaired) electrons. The lowest BCUT2D eigenvalue weighted by atomic mass is 9.95. The molecule has 4 amide bonds. The number of fused-ring (bicyclic) bond motifs is 1. The molecule has 1 aromatic rings. The highest BCUT2D eigenvalue weighted by Gasteiger charge is 2.44. The first-order valence-electron chi connectivity index (χ1n) is 11.4. The standard InChI is InChI=1S/C23H28N4O5/c28-20-7-6-18(21(29)25-20)27-22(30)15-5-4-14(11-16(15)23(27)31)12-26-9-10-32-13-19(26)17-3-1-2-8-24-17/h4-5,11,17-19,24H,1-3,6-10,12-13H2,(H,25,28,29). The van der Waals surface area contributed by atoms with Crippen LogP contribution in [0.15, 0.2) is 18.2 Å². The number of carbonyl (C=O) groups excluding carboxylic acids is 4. The molecule has 5 rings (SSSR count). The zero-order valence-electron chi connectivity index (χ0n) is 18.0. The quantitative estimate of drug-likeness (QED) is 0.654. The number of carbonyl (C=O) groups is 4. The van der Waals surface area contributed by atoms with E-state index < -0.39 is 23.8 Å². The second-order valence-electron chi connectivity index (χ2n) is 9.00. The molecule has 4 aliphatic rings. The summed E-state index contributed by atoms with van der Waals surface area (Å²) in [5.41, 5.74) is 1.60. The molecule has 9 heteroatoms. The Morgan fingerprint density at radius 3 is 2.66 bits per heavy atom. The van der Waals surface area contributed by atoms with Gasteiger partial charge in [0.2, 0.25) is 11.8 Å². The van der Waals surface area contributed by atoms with Gasteiger partial charge in [0.25, 0.3) is 11.8 Å². The van der Waals surface area contributed by atoms with Crippen molar-refractivity contribution < 1.29 is 23.9 Å². The van der Waals surface area contributed by atoms with E-state index in [1.165, 1.54) is 12.8 Å². The molecule has 4 aliphatic heterocycles. The number of hydrogen-bond acceptors (Lipinski definition) is 7. The predicted molar refractivity (Wildman–Crippen MR) is 114 cm³/mol. The molecular formula is C23H28N4O5. The van der Waals surface area contributed by atoms with Crippen LogP contribution in [0, 0.1) is 0 Å². The monoisotopic (exact) mass is 440 g/mol. The number of morpholine rings is 1. The van der Waals surface area contributed by atoms with Gasteiger partial charge in [-0.25, -0.2) is 0 Å². The zero-order chi connectivity index (χ0) is 22.2. The van der Waals surface area contributed by atoms with E-state index in [1.54, 1.807) is 12.1 Å².